The Morgan fingerprint density at radius 3 is 2.52 bits per heavy atom. The quantitative estimate of drug-likeness (QED) is 0.172. The Bertz CT molecular complexity index is 1160. The summed E-state index contributed by atoms with van der Waals surface area (Å²) in [5.41, 5.74) is 10.5. The molecular formula is C18H21AsBrN5O5S. The summed E-state index contributed by atoms with van der Waals surface area (Å²) in [6, 6.07) is 8.61. The molecule has 0 aliphatic heterocycles. The van der Waals surface area contributed by atoms with Crippen molar-refractivity contribution >= 4 is 59.0 Å². The predicted octanol–water partition coefficient (Wildman–Crippen LogP) is 0.691. The number of guanidine groups is 1. The number of aromatic nitrogens is 1. The van der Waals surface area contributed by atoms with Crippen LogP contribution in [0.4, 0.5) is 5.69 Å². The van der Waals surface area contributed by atoms with Crippen molar-refractivity contribution in [3.8, 4) is 0 Å². The number of aryl methyl sites for hydroxylation is 1. The molecule has 0 amide bonds. The van der Waals surface area contributed by atoms with Gasteiger partial charge in [-0.1, -0.05) is 0 Å². The van der Waals surface area contributed by atoms with Crippen molar-refractivity contribution in [2.45, 2.75) is 31.7 Å². The van der Waals surface area contributed by atoms with Gasteiger partial charge < -0.3 is 0 Å². The molecule has 2 rings (SSSR count). The summed E-state index contributed by atoms with van der Waals surface area (Å²) in [5.74, 6) is -0.694. The average Bonchev–Trinajstić information content (AvgIpc) is 2.66. The number of halogens is 1. The van der Waals surface area contributed by atoms with Crippen LogP contribution in [0.15, 0.2) is 50.8 Å². The Morgan fingerprint density at radius 1 is 1.29 bits per heavy atom. The van der Waals surface area contributed by atoms with E-state index in [1.54, 1.807) is 31.2 Å². The molecule has 5 N–H and O–H groups in total. The Balaban J connectivity index is 2.43. The molecule has 0 aliphatic carbocycles. The van der Waals surface area contributed by atoms with Gasteiger partial charge in [-0.25, -0.2) is 0 Å². The number of nitrogens with one attached hydrogen (secondary N) is 1. The molecule has 166 valence electrons. The normalized spacial score (nSPS) is 13.2. The van der Waals surface area contributed by atoms with E-state index in [9.17, 15) is 18.0 Å². The minimum absolute atomic E-state index is 0.203. The molecule has 0 bridgehead atoms. The van der Waals surface area contributed by atoms with Crippen LogP contribution in [0.3, 0.4) is 0 Å². The summed E-state index contributed by atoms with van der Waals surface area (Å²) in [5, 5.41) is 3.43. The minimum atomic E-state index is -3.92. The fraction of sp³-hybridized carbons (Fsp3) is 0.278. The predicted molar refractivity (Wildman–Crippen MR) is 122 cm³/mol. The van der Waals surface area contributed by atoms with E-state index in [1.807, 2.05) is 16.9 Å². The number of hydrogen-bond acceptors (Lipinski definition) is 6. The molecule has 13 heteroatoms. The maximum atomic E-state index is 13.1. The van der Waals surface area contributed by atoms with Crippen molar-refractivity contribution in [2.24, 2.45) is 16.6 Å². The van der Waals surface area contributed by atoms with Gasteiger partial charge in [0.15, 0.2) is 0 Å². The first-order valence-electron chi connectivity index (χ1n) is 8.86. The van der Waals surface area contributed by atoms with Gasteiger partial charge in [0, 0.05) is 0 Å². The number of nitrogens with zero attached hydrogens (tertiary/aromatic N) is 2. The van der Waals surface area contributed by atoms with Crippen LogP contribution in [0.25, 0.3) is 0 Å². The summed E-state index contributed by atoms with van der Waals surface area (Å²) in [6.45, 7) is 3.12. The van der Waals surface area contributed by atoms with E-state index < -0.39 is 32.3 Å². The van der Waals surface area contributed by atoms with Gasteiger partial charge in [0.25, 0.3) is 0 Å². The number of oxime groups is 1. The van der Waals surface area contributed by atoms with Gasteiger partial charge >= 0.3 is 197 Å². The summed E-state index contributed by atoms with van der Waals surface area (Å²) >= 11 is 5.12. The molecule has 1 aromatic heterocycles. The zero-order chi connectivity index (χ0) is 23.3. The number of hydrogen-bond donors (Lipinski definition) is 3. The summed E-state index contributed by atoms with van der Waals surface area (Å²) in [7, 11) is -3.92. The summed E-state index contributed by atoms with van der Waals surface area (Å²) in [6.07, 6.45) is -0.916. The molecule has 0 saturated carbocycles. The Hall–Kier alpha value is -2.30. The van der Waals surface area contributed by atoms with E-state index in [0.717, 1.165) is 4.57 Å². The topological polar surface area (TPSA) is 159 Å². The first-order valence-corrected chi connectivity index (χ1v) is 12.2. The van der Waals surface area contributed by atoms with Crippen molar-refractivity contribution in [2.75, 3.05) is 4.72 Å². The van der Waals surface area contributed by atoms with Gasteiger partial charge in [0.1, 0.15) is 0 Å². The second-order valence-electron chi connectivity index (χ2n) is 6.63. The zero-order valence-corrected chi connectivity index (χ0v) is 20.9. The summed E-state index contributed by atoms with van der Waals surface area (Å²) < 4.78 is 29.0. The second-order valence-corrected chi connectivity index (χ2v) is 10.1. The molecule has 0 spiro atoms. The molecule has 2 unspecified atom stereocenters. The van der Waals surface area contributed by atoms with E-state index >= 15 is 0 Å². The molecular weight excluding hydrogens is 553 g/mol. The van der Waals surface area contributed by atoms with Crippen molar-refractivity contribution in [3.63, 3.8) is 0 Å². The third kappa shape index (κ3) is 6.59. The number of benzene rings is 1. The molecule has 1 aromatic carbocycles. The third-order valence-electron chi connectivity index (χ3n) is 4.19. The van der Waals surface area contributed by atoms with Crippen molar-refractivity contribution in [1.29, 1.82) is 0 Å². The fourth-order valence-electron chi connectivity index (χ4n) is 2.82. The number of sulfonamides is 1. The second kappa shape index (κ2) is 10.3. The molecule has 0 aliphatic rings. The number of pyridine rings is 1. The molecule has 0 saturated heterocycles. The Labute approximate surface area is 196 Å². The molecule has 1 heterocycles. The van der Waals surface area contributed by atoms with Gasteiger partial charge in [-0.15, -0.1) is 0 Å². The van der Waals surface area contributed by atoms with E-state index in [2.05, 4.69) is 25.8 Å². The monoisotopic (exact) mass is 573 g/mol. The Morgan fingerprint density at radius 2 is 1.94 bits per heavy atom. The number of anilines is 1. The van der Waals surface area contributed by atoms with Crippen LogP contribution in [-0.2, 0) is 25.4 Å². The van der Waals surface area contributed by atoms with Crippen LogP contribution in [0, 0.1) is 6.92 Å². The van der Waals surface area contributed by atoms with Crippen LogP contribution >= 0.6 is 15.9 Å². The molecule has 2 aromatic rings. The van der Waals surface area contributed by atoms with Crippen LogP contribution in [-0.4, -0.2) is 46.5 Å². The summed E-state index contributed by atoms with van der Waals surface area (Å²) in [4.78, 5) is 30.5. The molecule has 10 nitrogen and oxygen atoms in total. The number of nitrogens with two attached hydrogens (primary N) is 2. The molecule has 2 atom stereocenters. The number of carbonyl (C=O) groups excluding carboxylic acids is 1. The van der Waals surface area contributed by atoms with E-state index in [-0.39, 0.29) is 17.4 Å². The number of carbonyl (C=O) groups is 1. The number of rotatable bonds is 9. The molecule has 2 radical (unpaired) electrons. The van der Waals surface area contributed by atoms with Crippen LogP contribution < -0.4 is 21.7 Å². The molecule has 31 heavy (non-hydrogen) atoms. The van der Waals surface area contributed by atoms with Gasteiger partial charge in [0.05, 0.1) is 0 Å². The van der Waals surface area contributed by atoms with Gasteiger partial charge in [-0.3, -0.25) is 0 Å². The third-order valence-corrected chi connectivity index (χ3v) is 6.74. The van der Waals surface area contributed by atoms with Crippen molar-refractivity contribution in [3.05, 3.63) is 62.5 Å². The fourth-order valence-corrected chi connectivity index (χ4v) is 5.33. The van der Waals surface area contributed by atoms with Crippen LogP contribution in [0.5, 0.6) is 0 Å². The van der Waals surface area contributed by atoms with Crippen molar-refractivity contribution in [1.82, 2.24) is 4.57 Å². The first-order chi connectivity index (χ1) is 14.4. The van der Waals surface area contributed by atoms with Crippen LogP contribution in [0.2, 0.25) is 0 Å². The van der Waals surface area contributed by atoms with E-state index in [4.69, 9.17) is 16.3 Å². The standard InChI is InChI=1S/C18H21AsBrN5O5S/c1-10-7-8-14(24-31(28,29)9-12-5-3-4-6-13(12)20)17(27)25(10)15(16(19)26)11(2)30-23-18(21)22/h3-8,11,15,24H,9H2,1-2H3,(H4,21,22,23). The SMILES string of the molecule is Cc1ccc(NS(=O)(=O)Cc2ccccc2Br)c(=O)n1C(C(=O)[As])C(C)ON=C(N)N. The van der Waals surface area contributed by atoms with Crippen LogP contribution in [0.1, 0.15) is 24.2 Å². The van der Waals surface area contributed by atoms with Gasteiger partial charge in [-0.05, 0) is 0 Å². The maximum absolute atomic E-state index is 13.1. The van der Waals surface area contributed by atoms with Crippen molar-refractivity contribution < 1.29 is 18.0 Å². The van der Waals surface area contributed by atoms with Gasteiger partial charge in [0.2, 0.25) is 0 Å². The first kappa shape index (κ1) is 25.0. The Kier molecular flexibility index (Phi) is 8.33. The van der Waals surface area contributed by atoms with E-state index in [0.29, 0.717) is 15.7 Å². The van der Waals surface area contributed by atoms with E-state index in [1.165, 1.54) is 19.1 Å². The van der Waals surface area contributed by atoms with Gasteiger partial charge in [-0.2, -0.15) is 0 Å². The average molecular weight is 574 g/mol. The molecule has 0 fully saturated rings. The zero-order valence-electron chi connectivity index (χ0n) is 16.6.